The first-order chi connectivity index (χ1) is 11.1. The van der Waals surface area contributed by atoms with Crippen molar-refractivity contribution in [2.45, 2.75) is 70.4 Å². The fourth-order valence-corrected chi connectivity index (χ4v) is 4.52. The molecule has 0 aromatic carbocycles. The second-order valence-electron chi connectivity index (χ2n) is 7.38. The van der Waals surface area contributed by atoms with Crippen molar-refractivity contribution in [3.05, 3.63) is 0 Å². The molecule has 23 heavy (non-hydrogen) atoms. The zero-order valence-electron chi connectivity index (χ0n) is 14.3. The minimum absolute atomic E-state index is 0.0556. The lowest BCUT2D eigenvalue weighted by atomic mass is 9.69. The molecule has 0 amide bonds. The number of aliphatic hydroxyl groups excluding tert-OH is 2. The summed E-state index contributed by atoms with van der Waals surface area (Å²) in [6.07, 6.45) is 4.68. The van der Waals surface area contributed by atoms with Gasteiger partial charge < -0.3 is 19.7 Å². The third kappa shape index (κ3) is 3.30. The van der Waals surface area contributed by atoms with Crippen LogP contribution in [0.25, 0.3) is 0 Å². The van der Waals surface area contributed by atoms with E-state index in [-0.39, 0.29) is 17.8 Å². The number of hydrogen-bond donors (Lipinski definition) is 2. The van der Waals surface area contributed by atoms with E-state index in [0.29, 0.717) is 19.1 Å². The maximum absolute atomic E-state index is 10.4. The Kier molecular flexibility index (Phi) is 5.32. The normalized spacial score (nSPS) is 35.7. The van der Waals surface area contributed by atoms with Gasteiger partial charge in [0.1, 0.15) is 6.10 Å². The molecule has 130 valence electrons. The molecule has 4 nitrogen and oxygen atoms in total. The maximum Gasteiger partial charge on any atom is 0.172 e. The smallest absolute Gasteiger partial charge is 0.172 e. The van der Waals surface area contributed by atoms with Gasteiger partial charge in [0.15, 0.2) is 5.79 Å². The molecule has 1 spiro atoms. The summed E-state index contributed by atoms with van der Waals surface area (Å²) in [6.45, 7) is 5.70. The van der Waals surface area contributed by atoms with Crippen LogP contribution in [0.4, 0.5) is 0 Å². The van der Waals surface area contributed by atoms with Crippen LogP contribution in [0, 0.1) is 35.5 Å². The van der Waals surface area contributed by atoms with Gasteiger partial charge in [-0.25, -0.2) is 0 Å². The highest BCUT2D eigenvalue weighted by atomic mass is 16.7. The Balaban J connectivity index is 1.51. The summed E-state index contributed by atoms with van der Waals surface area (Å²) in [5, 5.41) is 20.5. The summed E-state index contributed by atoms with van der Waals surface area (Å²) < 4.78 is 11.5. The molecule has 3 fully saturated rings. The van der Waals surface area contributed by atoms with Gasteiger partial charge in [-0.1, -0.05) is 38.5 Å². The molecule has 5 unspecified atom stereocenters. The van der Waals surface area contributed by atoms with E-state index in [2.05, 4.69) is 25.7 Å². The van der Waals surface area contributed by atoms with Gasteiger partial charge in [-0.2, -0.15) is 0 Å². The van der Waals surface area contributed by atoms with Crippen molar-refractivity contribution in [2.75, 3.05) is 13.2 Å². The summed E-state index contributed by atoms with van der Waals surface area (Å²) in [7, 11) is 0. The van der Waals surface area contributed by atoms with Crippen LogP contribution in [0.5, 0.6) is 0 Å². The molecule has 1 heterocycles. The van der Waals surface area contributed by atoms with Crippen LogP contribution in [0.15, 0.2) is 0 Å². The second-order valence-corrected chi connectivity index (χ2v) is 7.38. The Morgan fingerprint density at radius 1 is 1.17 bits per heavy atom. The molecular weight excluding hydrogens is 292 g/mol. The molecule has 0 aromatic rings. The fraction of sp³-hybridized carbons (Fsp3) is 0.895. The number of rotatable bonds is 5. The zero-order valence-corrected chi connectivity index (χ0v) is 14.3. The SMILES string of the molecule is CCC(CC)CCC(O)C#CC1CC2C(CC23OCCO3)C1O. The minimum atomic E-state index is -0.575. The summed E-state index contributed by atoms with van der Waals surface area (Å²) in [5.41, 5.74) is 0. The van der Waals surface area contributed by atoms with Crippen LogP contribution in [0.1, 0.15) is 52.4 Å². The van der Waals surface area contributed by atoms with E-state index in [1.807, 2.05) is 0 Å². The average Bonchev–Trinajstić information content (AvgIpc) is 3.13. The molecule has 0 aromatic heterocycles. The monoisotopic (exact) mass is 322 g/mol. The Morgan fingerprint density at radius 3 is 2.52 bits per heavy atom. The second kappa shape index (κ2) is 7.11. The summed E-state index contributed by atoms with van der Waals surface area (Å²) in [6, 6.07) is 0. The molecule has 2 aliphatic carbocycles. The topological polar surface area (TPSA) is 58.9 Å². The van der Waals surface area contributed by atoms with E-state index in [1.54, 1.807) is 0 Å². The van der Waals surface area contributed by atoms with Gasteiger partial charge in [0.05, 0.1) is 19.3 Å². The van der Waals surface area contributed by atoms with Crippen molar-refractivity contribution in [3.63, 3.8) is 0 Å². The predicted octanol–water partition coefficient (Wildman–Crippen LogP) is 2.33. The summed E-state index contributed by atoms with van der Waals surface area (Å²) >= 11 is 0. The minimum Gasteiger partial charge on any atom is -0.392 e. The van der Waals surface area contributed by atoms with Gasteiger partial charge in [-0.15, -0.1) is 0 Å². The Morgan fingerprint density at radius 2 is 1.87 bits per heavy atom. The van der Waals surface area contributed by atoms with Crippen LogP contribution in [-0.4, -0.2) is 41.4 Å². The number of hydrogen-bond acceptors (Lipinski definition) is 4. The number of ether oxygens (including phenoxy) is 2. The molecule has 5 atom stereocenters. The third-order valence-corrected chi connectivity index (χ3v) is 6.18. The molecule has 0 radical (unpaired) electrons. The standard InChI is InChI=1S/C19H30O4/c1-3-13(4-2)5-7-15(20)8-6-14-11-17-16(18(14)21)12-19(17)22-9-10-23-19/h13-18,20-21H,3-5,7,9-12H2,1-2H3. The fourth-order valence-electron chi connectivity index (χ4n) is 4.52. The highest BCUT2D eigenvalue weighted by Crippen LogP contribution is 2.58. The summed E-state index contributed by atoms with van der Waals surface area (Å²) in [5.74, 6) is 6.80. The van der Waals surface area contributed by atoms with E-state index in [1.165, 1.54) is 0 Å². The molecule has 1 aliphatic heterocycles. The largest absolute Gasteiger partial charge is 0.392 e. The first-order valence-corrected chi connectivity index (χ1v) is 9.24. The Bertz CT molecular complexity index is 456. The molecule has 3 aliphatic rings. The van der Waals surface area contributed by atoms with Gasteiger partial charge in [-0.3, -0.25) is 0 Å². The van der Waals surface area contributed by atoms with Crippen molar-refractivity contribution in [1.29, 1.82) is 0 Å². The quantitative estimate of drug-likeness (QED) is 0.763. The van der Waals surface area contributed by atoms with Crippen molar-refractivity contribution in [1.82, 2.24) is 0 Å². The molecule has 4 heteroatoms. The van der Waals surface area contributed by atoms with Crippen LogP contribution in [0.3, 0.4) is 0 Å². The van der Waals surface area contributed by atoms with Gasteiger partial charge in [0.2, 0.25) is 0 Å². The van der Waals surface area contributed by atoms with Crippen LogP contribution < -0.4 is 0 Å². The van der Waals surface area contributed by atoms with Crippen molar-refractivity contribution in [2.24, 2.45) is 23.7 Å². The van der Waals surface area contributed by atoms with Gasteiger partial charge in [0, 0.05) is 18.3 Å². The maximum atomic E-state index is 10.4. The van der Waals surface area contributed by atoms with Crippen molar-refractivity contribution in [3.8, 4) is 11.8 Å². The molecule has 2 saturated carbocycles. The van der Waals surface area contributed by atoms with E-state index in [4.69, 9.17) is 9.47 Å². The first-order valence-electron chi connectivity index (χ1n) is 9.24. The highest BCUT2D eigenvalue weighted by molar-refractivity contribution is 5.18. The van der Waals surface area contributed by atoms with Gasteiger partial charge in [0.25, 0.3) is 0 Å². The van der Waals surface area contributed by atoms with Crippen LogP contribution in [0.2, 0.25) is 0 Å². The molecule has 2 N–H and O–H groups in total. The van der Waals surface area contributed by atoms with Crippen molar-refractivity contribution >= 4 is 0 Å². The molecule has 0 bridgehead atoms. The van der Waals surface area contributed by atoms with E-state index >= 15 is 0 Å². The Hall–Kier alpha value is -0.600. The van der Waals surface area contributed by atoms with Gasteiger partial charge >= 0.3 is 0 Å². The van der Waals surface area contributed by atoms with Crippen LogP contribution in [-0.2, 0) is 9.47 Å². The van der Waals surface area contributed by atoms with Crippen LogP contribution >= 0.6 is 0 Å². The molecular formula is C19H30O4. The van der Waals surface area contributed by atoms with Gasteiger partial charge in [-0.05, 0) is 31.1 Å². The summed E-state index contributed by atoms with van der Waals surface area (Å²) in [4.78, 5) is 0. The molecule has 1 saturated heterocycles. The predicted molar refractivity (Wildman–Crippen MR) is 87.4 cm³/mol. The lowest BCUT2D eigenvalue weighted by molar-refractivity contribution is -0.275. The lowest BCUT2D eigenvalue weighted by Gasteiger charge is -2.48. The van der Waals surface area contributed by atoms with E-state index < -0.39 is 18.0 Å². The van der Waals surface area contributed by atoms with E-state index in [0.717, 1.165) is 38.5 Å². The average molecular weight is 322 g/mol. The third-order valence-electron chi connectivity index (χ3n) is 6.18. The first kappa shape index (κ1) is 17.2. The number of aliphatic hydroxyl groups is 2. The lowest BCUT2D eigenvalue weighted by Crippen LogP contribution is -2.54. The van der Waals surface area contributed by atoms with E-state index in [9.17, 15) is 10.2 Å². The van der Waals surface area contributed by atoms with Crippen molar-refractivity contribution < 1.29 is 19.7 Å². The zero-order chi connectivity index (χ0) is 16.4. The highest BCUT2D eigenvalue weighted by Gasteiger charge is 2.64. The molecule has 3 rings (SSSR count). The Labute approximate surface area is 139 Å². The number of fused-ring (bicyclic) bond motifs is 2.